The van der Waals surface area contributed by atoms with Crippen molar-refractivity contribution in [2.45, 2.75) is 71.6 Å². The average Bonchev–Trinajstić information content (AvgIpc) is 3.98. The maximum Gasteiger partial charge on any atom is 0.255 e. The molecule has 0 saturated carbocycles. The van der Waals surface area contributed by atoms with Crippen molar-refractivity contribution >= 4 is 52.1 Å². The number of nitrogens with zero attached hydrogens (tertiary/aromatic N) is 8. The summed E-state index contributed by atoms with van der Waals surface area (Å²) in [6, 6.07) is 12.7. The predicted molar refractivity (Wildman–Crippen MR) is 223 cm³/mol. The number of nitrogens with one attached hydrogen (secondary N) is 2. The average molecular weight is 815 g/mol. The summed E-state index contributed by atoms with van der Waals surface area (Å²) in [6.45, 7) is 11.0. The minimum absolute atomic E-state index is 0.152. The third kappa shape index (κ3) is 7.23. The van der Waals surface area contributed by atoms with Crippen LogP contribution in [0.15, 0.2) is 59.9 Å². The lowest BCUT2D eigenvalue weighted by atomic mass is 9.96. The number of aromatic nitrogens is 5. The first kappa shape index (κ1) is 37.9. The second-order valence-electron chi connectivity index (χ2n) is 15.5. The van der Waals surface area contributed by atoms with Gasteiger partial charge in [0.1, 0.15) is 22.9 Å². The van der Waals surface area contributed by atoms with Crippen LogP contribution in [0.4, 0.5) is 5.69 Å². The van der Waals surface area contributed by atoms with E-state index in [1.54, 1.807) is 16.2 Å². The minimum Gasteiger partial charge on any atom is -0.384 e. The van der Waals surface area contributed by atoms with Crippen LogP contribution in [0.2, 0.25) is 5.02 Å². The molecule has 0 spiro atoms. The molecular weight excluding hydrogens is 772 g/mol. The Morgan fingerprint density at radius 2 is 1.81 bits per heavy atom. The van der Waals surface area contributed by atoms with Gasteiger partial charge in [-0.05, 0) is 88.9 Å². The molecule has 2 atom stereocenters. The highest BCUT2D eigenvalue weighted by Crippen LogP contribution is 2.39. The number of hydrogen-bond acceptors (Lipinski definition) is 10. The Balaban J connectivity index is 0.804. The number of fused-ring (bicyclic) bond motifs is 4. The van der Waals surface area contributed by atoms with E-state index in [-0.39, 0.29) is 24.3 Å². The van der Waals surface area contributed by atoms with Crippen molar-refractivity contribution in [2.24, 2.45) is 10.9 Å². The second-order valence-corrected chi connectivity index (χ2v) is 16.9. The first-order valence-electron chi connectivity index (χ1n) is 19.8. The number of hydrogen-bond donors (Lipinski definition) is 2. The van der Waals surface area contributed by atoms with Crippen LogP contribution in [0, 0.1) is 31.6 Å². The number of thiophene rings is 1. The third-order valence-electron chi connectivity index (χ3n) is 11.7. The van der Waals surface area contributed by atoms with E-state index in [0.717, 1.165) is 106 Å². The fourth-order valence-electron chi connectivity index (χ4n) is 8.44. The van der Waals surface area contributed by atoms with Crippen LogP contribution in [-0.4, -0.2) is 90.0 Å². The van der Waals surface area contributed by atoms with Crippen molar-refractivity contribution < 1.29 is 14.4 Å². The molecule has 0 aliphatic carbocycles. The van der Waals surface area contributed by atoms with Crippen molar-refractivity contribution in [3.63, 3.8) is 0 Å². The zero-order valence-corrected chi connectivity index (χ0v) is 34.2. The maximum absolute atomic E-state index is 13.2. The fraction of sp³-hybridized carbons (Fsp3) is 0.372. The number of rotatable bonds is 8. The Morgan fingerprint density at radius 3 is 2.60 bits per heavy atom. The zero-order valence-electron chi connectivity index (χ0n) is 32.6. The molecule has 13 nitrogen and oxygen atoms in total. The first-order chi connectivity index (χ1) is 28.1. The van der Waals surface area contributed by atoms with Crippen LogP contribution < -0.4 is 10.6 Å². The number of anilines is 1. The van der Waals surface area contributed by atoms with Gasteiger partial charge in [0.2, 0.25) is 11.8 Å². The van der Waals surface area contributed by atoms with E-state index < -0.39 is 11.9 Å². The minimum atomic E-state index is -0.618. The monoisotopic (exact) mass is 814 g/mol. The number of carbonyl (C=O) groups excluding carboxylic acids is 3. The molecular formula is C43H43ClN10O3S. The van der Waals surface area contributed by atoms with Gasteiger partial charge in [-0.1, -0.05) is 41.6 Å². The maximum atomic E-state index is 13.2. The van der Waals surface area contributed by atoms with Crippen molar-refractivity contribution in [2.75, 3.05) is 31.5 Å². The van der Waals surface area contributed by atoms with Crippen LogP contribution in [0.25, 0.3) is 5.00 Å². The number of aliphatic imine (C=N–C) groups is 1. The Kier molecular flexibility index (Phi) is 10.2. The molecule has 3 amide bonds. The van der Waals surface area contributed by atoms with Gasteiger partial charge in [-0.2, -0.15) is 5.10 Å². The summed E-state index contributed by atoms with van der Waals surface area (Å²) < 4.78 is 4.09. The fourth-order valence-corrected chi connectivity index (χ4v) is 9.78. The molecule has 2 N–H and O–H groups in total. The Hall–Kier alpha value is -5.62. The number of piperidine rings is 2. The van der Waals surface area contributed by atoms with Gasteiger partial charge in [-0.25, -0.2) is 0 Å². The van der Waals surface area contributed by atoms with Crippen LogP contribution in [0.5, 0.6) is 0 Å². The number of imide groups is 1. The van der Waals surface area contributed by atoms with E-state index in [1.807, 2.05) is 73.4 Å². The lowest BCUT2D eigenvalue weighted by Crippen LogP contribution is -2.52. The largest absolute Gasteiger partial charge is 0.384 e. The van der Waals surface area contributed by atoms with Gasteiger partial charge in [-0.3, -0.25) is 33.9 Å². The van der Waals surface area contributed by atoms with Crippen molar-refractivity contribution in [1.82, 2.24) is 39.7 Å². The van der Waals surface area contributed by atoms with E-state index in [9.17, 15) is 14.4 Å². The Bertz CT molecular complexity index is 2540. The topological polar surface area (TPSA) is 143 Å². The number of carbonyl (C=O) groups is 3. The first-order valence-corrected chi connectivity index (χ1v) is 21.0. The number of aryl methyl sites for hydroxylation is 1. The summed E-state index contributed by atoms with van der Waals surface area (Å²) in [5, 5.41) is 21.2. The molecule has 3 aromatic heterocycles. The molecule has 0 radical (unpaired) electrons. The third-order valence-corrected chi connectivity index (χ3v) is 13.1. The van der Waals surface area contributed by atoms with Crippen LogP contribution in [0.3, 0.4) is 0 Å². The highest BCUT2D eigenvalue weighted by Gasteiger charge is 2.40. The number of benzene rings is 2. The highest BCUT2D eigenvalue weighted by molar-refractivity contribution is 7.15. The van der Waals surface area contributed by atoms with Crippen molar-refractivity contribution in [3.8, 4) is 16.8 Å². The van der Waals surface area contributed by atoms with Gasteiger partial charge in [0.05, 0.1) is 28.9 Å². The summed E-state index contributed by atoms with van der Waals surface area (Å²) in [7, 11) is 0. The number of likely N-dealkylation sites (tertiary alicyclic amines) is 1. The molecule has 4 aliphatic rings. The molecule has 1 unspecified atom stereocenters. The Morgan fingerprint density at radius 1 is 1.00 bits per heavy atom. The number of amides is 3. The number of halogens is 1. The normalized spacial score (nSPS) is 19.5. The van der Waals surface area contributed by atoms with Gasteiger partial charge < -0.3 is 15.1 Å². The summed E-state index contributed by atoms with van der Waals surface area (Å²) in [6.07, 6.45) is 6.60. The van der Waals surface area contributed by atoms with E-state index in [2.05, 4.69) is 54.2 Å². The zero-order chi connectivity index (χ0) is 40.1. The molecule has 2 saturated heterocycles. The quantitative estimate of drug-likeness (QED) is 0.150. The predicted octanol–water partition coefficient (Wildman–Crippen LogP) is 5.69. The van der Waals surface area contributed by atoms with Crippen LogP contribution in [0.1, 0.15) is 93.4 Å². The van der Waals surface area contributed by atoms with Crippen LogP contribution >= 0.6 is 22.9 Å². The molecule has 4 aliphatic heterocycles. The van der Waals surface area contributed by atoms with Gasteiger partial charge in [0.15, 0.2) is 5.82 Å². The lowest BCUT2D eigenvalue weighted by molar-refractivity contribution is -0.136. The lowest BCUT2D eigenvalue weighted by Gasteiger charge is -2.32. The van der Waals surface area contributed by atoms with Gasteiger partial charge in [0, 0.05) is 65.2 Å². The van der Waals surface area contributed by atoms with Gasteiger partial charge in [-0.15, -0.1) is 21.5 Å². The van der Waals surface area contributed by atoms with Gasteiger partial charge >= 0.3 is 0 Å². The Labute approximate surface area is 345 Å². The molecule has 5 aromatic rings. The molecule has 15 heteroatoms. The SMILES string of the molecule is Cc1c(C#Cc2cnn(CCN3CCC(CNc4cccc5c4CN(C4CCC(=O)NC4=O)C5=O)CC3)c2)sc2c1C(c1ccc(Cl)cc1)=N[C@@H](C)c1nnc(C)n1-2. The summed E-state index contributed by atoms with van der Waals surface area (Å²) >= 11 is 7.88. The second kappa shape index (κ2) is 15.6. The molecule has 296 valence electrons. The van der Waals surface area contributed by atoms with E-state index in [4.69, 9.17) is 16.6 Å². The van der Waals surface area contributed by atoms with Crippen LogP contribution in [-0.2, 0) is 22.7 Å². The van der Waals surface area contributed by atoms with E-state index in [1.165, 1.54) is 0 Å². The van der Waals surface area contributed by atoms with Crippen molar-refractivity contribution in [3.05, 3.63) is 110 Å². The summed E-state index contributed by atoms with van der Waals surface area (Å²) in [5.74, 6) is 8.12. The molecule has 2 fully saturated rings. The van der Waals surface area contributed by atoms with E-state index in [0.29, 0.717) is 29.5 Å². The van der Waals surface area contributed by atoms with Crippen molar-refractivity contribution in [1.29, 1.82) is 0 Å². The van der Waals surface area contributed by atoms with Gasteiger partial charge in [0.25, 0.3) is 5.91 Å². The molecule has 58 heavy (non-hydrogen) atoms. The van der Waals surface area contributed by atoms with E-state index >= 15 is 0 Å². The standard InChI is InChI=1S/C43H43ClN10O3S/c1-25-36(58-43-38(25)39(30-8-10-31(44)11-9-30)47-26(2)40-50-49-27(3)54(40)43)13-7-29-22-46-52(23-29)20-19-51-17-15-28(16-18-51)21-45-34-6-4-5-32-33(34)24-53(42(32)57)35-12-14-37(55)48-41(35)56/h4-6,8-11,22-23,26,28,35,45H,12,14-21,24H2,1-3H3,(H,48,55,56)/t26-,35?/m0/s1. The smallest absolute Gasteiger partial charge is 0.255 e. The summed E-state index contributed by atoms with van der Waals surface area (Å²) in [4.78, 5) is 47.6. The molecule has 2 aromatic carbocycles. The molecule has 7 heterocycles. The molecule has 0 bridgehead atoms. The molecule has 9 rings (SSSR count). The summed E-state index contributed by atoms with van der Waals surface area (Å²) in [5.41, 5.74) is 7.36. The highest BCUT2D eigenvalue weighted by atomic mass is 35.5.